The summed E-state index contributed by atoms with van der Waals surface area (Å²) in [5.74, 6) is -0.357. The summed E-state index contributed by atoms with van der Waals surface area (Å²) in [5.41, 5.74) is 0.424. The van der Waals surface area contributed by atoms with E-state index < -0.39 is 0 Å². The zero-order valence-electron chi connectivity index (χ0n) is 16.3. The fourth-order valence-electron chi connectivity index (χ4n) is 3.00. The highest BCUT2D eigenvalue weighted by atomic mass is 79.9. The van der Waals surface area contributed by atoms with Crippen LogP contribution < -0.4 is 0 Å². The Morgan fingerprint density at radius 2 is 0.844 bits per heavy atom. The van der Waals surface area contributed by atoms with Crippen LogP contribution in [0.1, 0.15) is 0 Å². The fraction of sp³-hybridized carbons (Fsp3) is 0. The molecule has 0 unspecified atom stereocenters. The van der Waals surface area contributed by atoms with Gasteiger partial charge < -0.3 is 20.4 Å². The predicted molar refractivity (Wildman–Crippen MR) is 135 cm³/mol. The monoisotopic (exact) mass is 590 g/mol. The van der Waals surface area contributed by atoms with Crippen molar-refractivity contribution < 1.29 is 20.4 Å². The molecule has 0 heterocycles. The lowest BCUT2D eigenvalue weighted by Crippen LogP contribution is -1.86. The first-order valence-electron chi connectivity index (χ1n) is 9.30. The maximum Gasteiger partial charge on any atom is 0.130 e. The van der Waals surface area contributed by atoms with Gasteiger partial charge in [0.15, 0.2) is 0 Å². The zero-order chi connectivity index (χ0) is 22.8. The van der Waals surface area contributed by atoms with E-state index in [0.717, 1.165) is 18.7 Å². The quantitative estimate of drug-likeness (QED) is 0.176. The molecule has 8 heteroatoms. The van der Waals surface area contributed by atoms with E-state index in [2.05, 4.69) is 31.9 Å². The van der Waals surface area contributed by atoms with Crippen LogP contribution in [0.3, 0.4) is 0 Å². The van der Waals surface area contributed by atoms with Crippen LogP contribution in [0.15, 0.2) is 101 Å². The van der Waals surface area contributed by atoms with Crippen molar-refractivity contribution in [1.82, 2.24) is 0 Å². The SMILES string of the molecule is Oc1cc(-c2cc(O)c(Sc3ccccc3Br)cc2O)c(O)cc1Sc1ccccc1Br. The molecule has 4 aromatic rings. The molecular weight excluding hydrogens is 576 g/mol. The number of hydrogen-bond donors (Lipinski definition) is 4. The van der Waals surface area contributed by atoms with Crippen molar-refractivity contribution in [3.05, 3.63) is 81.7 Å². The Hall–Kier alpha value is -2.26. The predicted octanol–water partition coefficient (Wildman–Crippen LogP) is 8.00. The first-order chi connectivity index (χ1) is 15.3. The van der Waals surface area contributed by atoms with E-state index in [1.54, 1.807) is 0 Å². The Kier molecular flexibility index (Phi) is 6.95. The second-order valence-electron chi connectivity index (χ2n) is 6.74. The average molecular weight is 592 g/mol. The number of benzene rings is 4. The van der Waals surface area contributed by atoms with Crippen molar-refractivity contribution in [3.8, 4) is 34.1 Å². The lowest BCUT2D eigenvalue weighted by molar-refractivity contribution is 0.444. The second kappa shape index (κ2) is 9.70. The molecule has 0 aromatic heterocycles. The minimum absolute atomic E-state index is 0.0517. The van der Waals surface area contributed by atoms with Crippen LogP contribution in [-0.4, -0.2) is 20.4 Å². The van der Waals surface area contributed by atoms with Crippen molar-refractivity contribution in [2.75, 3.05) is 0 Å². The normalized spacial score (nSPS) is 10.9. The van der Waals surface area contributed by atoms with Crippen LogP contribution in [0.5, 0.6) is 23.0 Å². The lowest BCUT2D eigenvalue weighted by Gasteiger charge is -2.14. The van der Waals surface area contributed by atoms with Crippen LogP contribution in [0.4, 0.5) is 0 Å². The van der Waals surface area contributed by atoms with E-state index in [1.165, 1.54) is 47.8 Å². The molecule has 0 amide bonds. The molecule has 0 atom stereocenters. The van der Waals surface area contributed by atoms with Crippen LogP contribution >= 0.6 is 55.4 Å². The molecule has 0 saturated heterocycles. The van der Waals surface area contributed by atoms with E-state index >= 15 is 0 Å². The third kappa shape index (κ3) is 4.88. The standard InChI is InChI=1S/C24H16Br2O4S2/c25-15-5-1-3-7-21(15)31-23-11-17(27)13(9-19(23)29)14-10-20(30)24(12-18(14)28)32-22-8-4-2-6-16(22)26/h1-12,27-30H. The smallest absolute Gasteiger partial charge is 0.130 e. The summed E-state index contributed by atoms with van der Waals surface area (Å²) in [6.45, 7) is 0. The number of phenols is 4. The zero-order valence-corrected chi connectivity index (χ0v) is 21.1. The molecular formula is C24H16Br2O4S2. The van der Waals surface area contributed by atoms with Gasteiger partial charge >= 0.3 is 0 Å². The van der Waals surface area contributed by atoms with Crippen LogP contribution in [0.25, 0.3) is 11.1 Å². The minimum atomic E-state index is -0.127. The Balaban J connectivity index is 1.68. The molecule has 4 rings (SSSR count). The Labute approximate surface area is 210 Å². The summed E-state index contributed by atoms with van der Waals surface area (Å²) >= 11 is 9.53. The van der Waals surface area contributed by atoms with E-state index in [1.807, 2.05) is 48.5 Å². The molecule has 0 saturated carbocycles. The molecule has 162 valence electrons. The van der Waals surface area contributed by atoms with Crippen molar-refractivity contribution in [1.29, 1.82) is 0 Å². The molecule has 0 fully saturated rings. The molecule has 0 aliphatic heterocycles. The van der Waals surface area contributed by atoms with Gasteiger partial charge in [0.2, 0.25) is 0 Å². The first-order valence-corrected chi connectivity index (χ1v) is 12.5. The van der Waals surface area contributed by atoms with Crippen molar-refractivity contribution in [2.24, 2.45) is 0 Å². The van der Waals surface area contributed by atoms with Gasteiger partial charge in [-0.1, -0.05) is 47.8 Å². The van der Waals surface area contributed by atoms with Crippen LogP contribution in [0.2, 0.25) is 0 Å². The van der Waals surface area contributed by atoms with E-state index in [-0.39, 0.29) is 34.1 Å². The Morgan fingerprint density at radius 1 is 0.469 bits per heavy atom. The third-order valence-electron chi connectivity index (χ3n) is 4.56. The van der Waals surface area contributed by atoms with Gasteiger partial charge in [-0.2, -0.15) is 0 Å². The number of halogens is 2. The van der Waals surface area contributed by atoms with Gasteiger partial charge in [-0.25, -0.2) is 0 Å². The van der Waals surface area contributed by atoms with Gasteiger partial charge in [0.05, 0.1) is 9.79 Å². The number of hydrogen-bond acceptors (Lipinski definition) is 6. The van der Waals surface area contributed by atoms with Crippen molar-refractivity contribution >= 4 is 55.4 Å². The molecule has 0 bridgehead atoms. The van der Waals surface area contributed by atoms with Gasteiger partial charge in [0.25, 0.3) is 0 Å². The van der Waals surface area contributed by atoms with E-state index in [0.29, 0.717) is 9.79 Å². The summed E-state index contributed by atoms with van der Waals surface area (Å²) in [6.07, 6.45) is 0. The molecule has 4 aromatic carbocycles. The minimum Gasteiger partial charge on any atom is -0.507 e. The third-order valence-corrected chi connectivity index (χ3v) is 8.71. The van der Waals surface area contributed by atoms with Crippen molar-refractivity contribution in [2.45, 2.75) is 19.6 Å². The second-order valence-corrected chi connectivity index (χ2v) is 10.6. The fourth-order valence-corrected chi connectivity index (χ4v) is 5.82. The van der Waals surface area contributed by atoms with Gasteiger partial charge in [0.1, 0.15) is 23.0 Å². The molecule has 0 spiro atoms. The first kappa shape index (κ1) is 22.9. The van der Waals surface area contributed by atoms with E-state index in [9.17, 15) is 20.4 Å². The Bertz CT molecular complexity index is 1210. The average Bonchev–Trinajstić information content (AvgIpc) is 2.76. The summed E-state index contributed by atoms with van der Waals surface area (Å²) in [6, 6.07) is 20.8. The van der Waals surface area contributed by atoms with E-state index in [4.69, 9.17) is 0 Å². The maximum atomic E-state index is 10.6. The van der Waals surface area contributed by atoms with Gasteiger partial charge in [-0.05, 0) is 80.4 Å². The van der Waals surface area contributed by atoms with Crippen LogP contribution in [-0.2, 0) is 0 Å². The Morgan fingerprint density at radius 3 is 1.22 bits per heavy atom. The summed E-state index contributed by atoms with van der Waals surface area (Å²) in [4.78, 5) is 2.68. The highest BCUT2D eigenvalue weighted by Gasteiger charge is 2.18. The lowest BCUT2D eigenvalue weighted by atomic mass is 10.0. The highest BCUT2D eigenvalue weighted by Crippen LogP contribution is 2.48. The van der Waals surface area contributed by atoms with Crippen molar-refractivity contribution in [3.63, 3.8) is 0 Å². The summed E-state index contributed by atoms with van der Waals surface area (Å²) < 4.78 is 1.74. The van der Waals surface area contributed by atoms with Gasteiger partial charge in [-0.3, -0.25) is 0 Å². The highest BCUT2D eigenvalue weighted by molar-refractivity contribution is 9.10. The van der Waals surface area contributed by atoms with Gasteiger partial charge in [0, 0.05) is 29.9 Å². The largest absolute Gasteiger partial charge is 0.507 e. The number of aromatic hydroxyl groups is 4. The number of phenolic OH excluding ortho intramolecular Hbond substituents is 4. The molecule has 0 radical (unpaired) electrons. The van der Waals surface area contributed by atoms with Gasteiger partial charge in [-0.15, -0.1) is 0 Å². The summed E-state index contributed by atoms with van der Waals surface area (Å²) in [7, 11) is 0. The maximum absolute atomic E-state index is 10.6. The number of rotatable bonds is 5. The molecule has 0 aliphatic rings. The topological polar surface area (TPSA) is 80.9 Å². The van der Waals surface area contributed by atoms with Crippen LogP contribution in [0, 0.1) is 0 Å². The molecule has 4 N–H and O–H groups in total. The molecule has 0 aliphatic carbocycles. The summed E-state index contributed by atoms with van der Waals surface area (Å²) in [5, 5.41) is 42.4. The molecule has 4 nitrogen and oxygen atoms in total. The molecule has 32 heavy (non-hydrogen) atoms.